The van der Waals surface area contributed by atoms with Gasteiger partial charge in [-0.05, 0) is 48.0 Å². The van der Waals surface area contributed by atoms with Crippen molar-refractivity contribution in [1.29, 1.82) is 0 Å². The van der Waals surface area contributed by atoms with Crippen LogP contribution in [0.5, 0.6) is 11.5 Å². The Morgan fingerprint density at radius 2 is 1.85 bits per heavy atom. The average molecular weight is 397 g/mol. The zero-order chi connectivity index (χ0) is 18.8. The second kappa shape index (κ2) is 7.47. The third kappa shape index (κ3) is 3.70. The zero-order valence-electron chi connectivity index (χ0n) is 14.5. The molecule has 27 heavy (non-hydrogen) atoms. The molecule has 4 rings (SSSR count). The lowest BCUT2D eigenvalue weighted by Gasteiger charge is -2.21. The van der Waals surface area contributed by atoms with Crippen LogP contribution < -0.4 is 10.1 Å². The van der Waals surface area contributed by atoms with Crippen LogP contribution in [0, 0.1) is 0 Å². The lowest BCUT2D eigenvalue weighted by Crippen LogP contribution is -2.12. The monoisotopic (exact) mass is 396 g/mol. The number of hydrogen-bond donors (Lipinski definition) is 2. The summed E-state index contributed by atoms with van der Waals surface area (Å²) in [5, 5.41) is 15.4. The Bertz CT molecular complexity index is 1050. The Balaban J connectivity index is 1.79. The number of fused-ring (bicyclic) bond motifs is 1. The minimum Gasteiger partial charge on any atom is -0.508 e. The summed E-state index contributed by atoms with van der Waals surface area (Å²) in [6.45, 7) is 0. The number of ether oxygens (including phenoxy) is 1. The number of methoxy groups -OCH3 is 1. The lowest BCUT2D eigenvalue weighted by atomic mass is 9.97. The van der Waals surface area contributed by atoms with Crippen molar-refractivity contribution in [2.45, 2.75) is 6.04 Å². The van der Waals surface area contributed by atoms with E-state index in [9.17, 15) is 5.11 Å². The van der Waals surface area contributed by atoms with Gasteiger partial charge in [0.15, 0.2) is 5.13 Å². The molecule has 0 aliphatic carbocycles. The highest BCUT2D eigenvalue weighted by Crippen LogP contribution is 2.37. The molecule has 6 heteroatoms. The van der Waals surface area contributed by atoms with E-state index in [1.54, 1.807) is 30.6 Å². The van der Waals surface area contributed by atoms with Gasteiger partial charge in [0.05, 0.1) is 23.4 Å². The van der Waals surface area contributed by atoms with Crippen molar-refractivity contribution >= 4 is 38.3 Å². The molecule has 0 aliphatic rings. The lowest BCUT2D eigenvalue weighted by molar-refractivity contribution is 0.410. The van der Waals surface area contributed by atoms with Crippen LogP contribution in [0.1, 0.15) is 17.2 Å². The number of aromatic hydroxyl groups is 1. The molecule has 0 saturated carbocycles. The standard InChI is InChI=1S/C21H17ClN2O2S/c1-26-15-10-11-18(25)16(12-15)20(13-6-8-14(22)9-7-13)24-21-23-17-4-2-3-5-19(17)27-21/h2-12,20,25H,1H3,(H,23,24). The molecule has 0 spiro atoms. The SMILES string of the molecule is COc1ccc(O)c(C(Nc2nc3ccccc3s2)c2ccc(Cl)cc2)c1. The van der Waals surface area contributed by atoms with E-state index in [0.29, 0.717) is 16.3 Å². The summed E-state index contributed by atoms with van der Waals surface area (Å²) in [5.41, 5.74) is 2.60. The predicted octanol–water partition coefficient (Wildman–Crippen LogP) is 5.87. The first-order valence-corrected chi connectivity index (χ1v) is 9.58. The maximum Gasteiger partial charge on any atom is 0.184 e. The number of halogens is 1. The normalized spacial score (nSPS) is 12.1. The van der Waals surface area contributed by atoms with Gasteiger partial charge in [0.1, 0.15) is 11.5 Å². The fourth-order valence-electron chi connectivity index (χ4n) is 2.94. The van der Waals surface area contributed by atoms with Gasteiger partial charge in [-0.1, -0.05) is 47.2 Å². The zero-order valence-corrected chi connectivity index (χ0v) is 16.1. The molecule has 0 fully saturated rings. The minimum absolute atomic E-state index is 0.185. The van der Waals surface area contributed by atoms with E-state index in [4.69, 9.17) is 16.3 Å². The summed E-state index contributed by atoms with van der Waals surface area (Å²) < 4.78 is 6.44. The van der Waals surface area contributed by atoms with Crippen molar-refractivity contribution in [1.82, 2.24) is 4.98 Å². The molecule has 1 unspecified atom stereocenters. The Labute approximate surface area is 166 Å². The second-order valence-corrected chi connectivity index (χ2v) is 7.51. The van der Waals surface area contributed by atoms with Crippen LogP contribution in [0.4, 0.5) is 5.13 Å². The molecular formula is C21H17ClN2O2S. The molecule has 4 nitrogen and oxygen atoms in total. The van der Waals surface area contributed by atoms with E-state index in [-0.39, 0.29) is 11.8 Å². The molecule has 1 aromatic heterocycles. The van der Waals surface area contributed by atoms with Crippen molar-refractivity contribution in [3.8, 4) is 11.5 Å². The maximum absolute atomic E-state index is 10.5. The van der Waals surface area contributed by atoms with Gasteiger partial charge in [-0.15, -0.1) is 0 Å². The van der Waals surface area contributed by atoms with Crippen molar-refractivity contribution < 1.29 is 9.84 Å². The molecule has 0 amide bonds. The van der Waals surface area contributed by atoms with Gasteiger partial charge < -0.3 is 15.2 Å². The number of aromatic nitrogens is 1. The molecule has 4 aromatic rings. The van der Waals surface area contributed by atoms with Crippen molar-refractivity contribution in [2.24, 2.45) is 0 Å². The van der Waals surface area contributed by atoms with Crippen molar-refractivity contribution in [3.05, 3.63) is 82.9 Å². The Hall–Kier alpha value is -2.76. The first-order chi connectivity index (χ1) is 13.1. The van der Waals surface area contributed by atoms with Crippen molar-refractivity contribution in [3.63, 3.8) is 0 Å². The summed E-state index contributed by atoms with van der Waals surface area (Å²) >= 11 is 7.63. The number of phenols is 1. The Morgan fingerprint density at radius 1 is 1.07 bits per heavy atom. The van der Waals surface area contributed by atoms with Gasteiger partial charge in [0.25, 0.3) is 0 Å². The van der Waals surface area contributed by atoms with Crippen LogP contribution in [-0.2, 0) is 0 Å². The first-order valence-electron chi connectivity index (χ1n) is 8.38. The maximum atomic E-state index is 10.5. The molecule has 1 heterocycles. The third-order valence-corrected chi connectivity index (χ3v) is 5.53. The van der Waals surface area contributed by atoms with Crippen molar-refractivity contribution in [2.75, 3.05) is 12.4 Å². The summed E-state index contributed by atoms with van der Waals surface area (Å²) in [6, 6.07) is 20.4. The van der Waals surface area contributed by atoms with Crippen LogP contribution in [0.25, 0.3) is 10.2 Å². The van der Waals surface area contributed by atoms with Crippen LogP contribution in [0.15, 0.2) is 66.7 Å². The largest absolute Gasteiger partial charge is 0.508 e. The quantitative estimate of drug-likeness (QED) is 0.443. The number of nitrogens with zero attached hydrogens (tertiary/aromatic N) is 1. The highest BCUT2D eigenvalue weighted by molar-refractivity contribution is 7.22. The van der Waals surface area contributed by atoms with E-state index in [2.05, 4.69) is 10.3 Å². The van der Waals surface area contributed by atoms with Crippen LogP contribution >= 0.6 is 22.9 Å². The smallest absolute Gasteiger partial charge is 0.184 e. The fourth-order valence-corrected chi connectivity index (χ4v) is 3.96. The second-order valence-electron chi connectivity index (χ2n) is 6.04. The Kier molecular flexibility index (Phi) is 4.88. The van der Waals surface area contributed by atoms with Gasteiger partial charge in [0.2, 0.25) is 0 Å². The molecule has 0 radical (unpaired) electrons. The minimum atomic E-state index is -0.307. The highest BCUT2D eigenvalue weighted by Gasteiger charge is 2.20. The number of anilines is 1. The molecule has 0 saturated heterocycles. The van der Waals surface area contributed by atoms with E-state index in [1.165, 1.54) is 0 Å². The average Bonchev–Trinajstić information content (AvgIpc) is 3.10. The topological polar surface area (TPSA) is 54.4 Å². The Morgan fingerprint density at radius 3 is 2.59 bits per heavy atom. The summed E-state index contributed by atoms with van der Waals surface area (Å²) in [4.78, 5) is 4.66. The van der Waals surface area contributed by atoms with Gasteiger partial charge in [-0.3, -0.25) is 0 Å². The van der Waals surface area contributed by atoms with Crippen LogP contribution in [-0.4, -0.2) is 17.2 Å². The summed E-state index contributed by atoms with van der Waals surface area (Å²) in [5.74, 6) is 0.859. The molecular weight excluding hydrogens is 380 g/mol. The summed E-state index contributed by atoms with van der Waals surface area (Å²) in [7, 11) is 1.61. The molecule has 1 atom stereocenters. The molecule has 0 aliphatic heterocycles. The van der Waals surface area contributed by atoms with E-state index in [0.717, 1.165) is 20.9 Å². The third-order valence-electron chi connectivity index (χ3n) is 4.31. The van der Waals surface area contributed by atoms with E-state index in [1.807, 2.05) is 54.6 Å². The first kappa shape index (κ1) is 17.6. The number of phenolic OH excluding ortho intramolecular Hbond substituents is 1. The van der Waals surface area contributed by atoms with Gasteiger partial charge >= 0.3 is 0 Å². The molecule has 2 N–H and O–H groups in total. The van der Waals surface area contributed by atoms with Gasteiger partial charge in [0, 0.05) is 10.6 Å². The predicted molar refractivity (Wildman–Crippen MR) is 111 cm³/mol. The number of para-hydroxylation sites is 1. The van der Waals surface area contributed by atoms with Crippen LogP contribution in [0.2, 0.25) is 5.02 Å². The number of benzene rings is 3. The van der Waals surface area contributed by atoms with E-state index < -0.39 is 0 Å². The van der Waals surface area contributed by atoms with Gasteiger partial charge in [-0.25, -0.2) is 4.98 Å². The number of thiazole rings is 1. The number of rotatable bonds is 5. The molecule has 3 aromatic carbocycles. The number of hydrogen-bond acceptors (Lipinski definition) is 5. The highest BCUT2D eigenvalue weighted by atomic mass is 35.5. The van der Waals surface area contributed by atoms with Crippen LogP contribution in [0.3, 0.4) is 0 Å². The molecule has 136 valence electrons. The summed E-state index contributed by atoms with van der Waals surface area (Å²) in [6.07, 6.45) is 0. The fraction of sp³-hybridized carbons (Fsp3) is 0.0952. The molecule has 0 bridgehead atoms. The van der Waals surface area contributed by atoms with Gasteiger partial charge in [-0.2, -0.15) is 0 Å². The number of nitrogens with one attached hydrogen (secondary N) is 1. The van der Waals surface area contributed by atoms with E-state index >= 15 is 0 Å².